The summed E-state index contributed by atoms with van der Waals surface area (Å²) < 4.78 is 10.2. The molecular formula is C19H17Cl3N6O5. The summed E-state index contributed by atoms with van der Waals surface area (Å²) >= 11 is 18.7. The number of aromatic nitrogens is 2. The molecule has 14 heteroatoms. The number of aromatic amines is 1. The van der Waals surface area contributed by atoms with Gasteiger partial charge in [-0.25, -0.2) is 9.89 Å². The molecule has 0 bridgehead atoms. The first-order chi connectivity index (χ1) is 15.6. The number of halogens is 3. The maximum absolute atomic E-state index is 11.9. The summed E-state index contributed by atoms with van der Waals surface area (Å²) in [5, 5.41) is 20.7. The molecule has 33 heavy (non-hydrogen) atoms. The quantitative estimate of drug-likeness (QED) is 0.365. The Bertz CT molecular complexity index is 1180. The van der Waals surface area contributed by atoms with E-state index >= 15 is 0 Å². The first kappa shape index (κ1) is 25.9. The van der Waals surface area contributed by atoms with Gasteiger partial charge in [0.1, 0.15) is 11.1 Å². The van der Waals surface area contributed by atoms with Crippen molar-refractivity contribution in [1.29, 1.82) is 5.26 Å². The molecule has 2 rings (SSSR count). The van der Waals surface area contributed by atoms with E-state index in [0.717, 1.165) is 0 Å². The lowest BCUT2D eigenvalue weighted by atomic mass is 10.1. The molecule has 11 nitrogen and oxygen atoms in total. The first-order valence-electron chi connectivity index (χ1n) is 9.25. The standard InChI is InChI=1S/C19H17Cl3N6O5/c1-4-32-19(31)24-16(29)12(7-23)26-25-9-5-10(20)15(11(21)6-9)33-18-14(22)13(8(2)3)17(30)27-28-18/h5-6,8,25H,4H2,1-3H3,(H,27,30)(H,24,29,31)/b26-12+. The Kier molecular flexibility index (Phi) is 9.04. The number of H-pyrrole nitrogens is 1. The van der Waals surface area contributed by atoms with Gasteiger partial charge in [-0.3, -0.25) is 20.3 Å². The highest BCUT2D eigenvalue weighted by molar-refractivity contribution is 6.47. The predicted octanol–water partition coefficient (Wildman–Crippen LogP) is 4.21. The number of nitriles is 1. The number of nitrogens with zero attached hydrogens (tertiary/aromatic N) is 3. The summed E-state index contributed by atoms with van der Waals surface area (Å²) in [4.78, 5) is 35.1. The second kappa shape index (κ2) is 11.5. The minimum Gasteiger partial charge on any atom is -0.450 e. The van der Waals surface area contributed by atoms with Crippen LogP contribution >= 0.6 is 34.8 Å². The number of benzene rings is 1. The Morgan fingerprint density at radius 1 is 1.27 bits per heavy atom. The molecule has 0 aliphatic rings. The molecule has 0 aliphatic carbocycles. The zero-order chi connectivity index (χ0) is 24.7. The lowest BCUT2D eigenvalue weighted by Gasteiger charge is -2.13. The number of rotatable bonds is 7. The first-order valence-corrected chi connectivity index (χ1v) is 10.4. The number of amides is 2. The van der Waals surface area contributed by atoms with Crippen LogP contribution in [0.3, 0.4) is 0 Å². The van der Waals surface area contributed by atoms with Gasteiger partial charge in [0.15, 0.2) is 5.75 Å². The molecule has 0 radical (unpaired) electrons. The lowest BCUT2D eigenvalue weighted by Crippen LogP contribution is -2.36. The lowest BCUT2D eigenvalue weighted by molar-refractivity contribution is -0.114. The molecule has 2 amide bonds. The molecule has 1 aromatic carbocycles. The Balaban J connectivity index is 2.26. The van der Waals surface area contributed by atoms with Crippen LogP contribution in [-0.2, 0) is 9.53 Å². The third kappa shape index (κ3) is 6.58. The maximum atomic E-state index is 11.9. The smallest absolute Gasteiger partial charge is 0.414 e. The van der Waals surface area contributed by atoms with Gasteiger partial charge in [-0.15, -0.1) is 5.10 Å². The number of hydrogen-bond acceptors (Lipinski definition) is 9. The van der Waals surface area contributed by atoms with Crippen molar-refractivity contribution in [3.63, 3.8) is 0 Å². The van der Waals surface area contributed by atoms with Crippen LogP contribution < -0.4 is 21.0 Å². The van der Waals surface area contributed by atoms with Gasteiger partial charge in [0.2, 0.25) is 5.71 Å². The second-order valence-corrected chi connectivity index (χ2v) is 7.66. The van der Waals surface area contributed by atoms with Crippen molar-refractivity contribution >= 4 is 58.2 Å². The van der Waals surface area contributed by atoms with Crippen LogP contribution in [0.4, 0.5) is 10.5 Å². The number of nitrogens with one attached hydrogen (secondary N) is 3. The molecule has 2 aromatic rings. The molecule has 1 aromatic heterocycles. The van der Waals surface area contributed by atoms with E-state index in [-0.39, 0.29) is 50.5 Å². The Labute approximate surface area is 202 Å². The average Bonchev–Trinajstić information content (AvgIpc) is 2.72. The van der Waals surface area contributed by atoms with Crippen LogP contribution in [-0.4, -0.2) is 34.5 Å². The van der Waals surface area contributed by atoms with Gasteiger partial charge in [0.05, 0.1) is 22.3 Å². The minimum absolute atomic E-state index is 0.00449. The Morgan fingerprint density at radius 2 is 1.91 bits per heavy atom. The van der Waals surface area contributed by atoms with E-state index in [0.29, 0.717) is 0 Å². The van der Waals surface area contributed by atoms with Gasteiger partial charge in [0, 0.05) is 5.56 Å². The van der Waals surface area contributed by atoms with E-state index < -0.39 is 23.3 Å². The number of ether oxygens (including phenoxy) is 2. The molecule has 0 saturated heterocycles. The molecule has 0 unspecified atom stereocenters. The molecule has 0 atom stereocenters. The van der Waals surface area contributed by atoms with Gasteiger partial charge in [-0.1, -0.05) is 48.7 Å². The van der Waals surface area contributed by atoms with Gasteiger partial charge >= 0.3 is 6.09 Å². The summed E-state index contributed by atoms with van der Waals surface area (Å²) in [6.45, 7) is 5.16. The highest BCUT2D eigenvalue weighted by Gasteiger charge is 2.20. The molecule has 0 aliphatic heterocycles. The van der Waals surface area contributed by atoms with Gasteiger partial charge in [0.25, 0.3) is 17.3 Å². The van der Waals surface area contributed by atoms with Gasteiger partial charge < -0.3 is 9.47 Å². The predicted molar refractivity (Wildman–Crippen MR) is 122 cm³/mol. The normalized spacial score (nSPS) is 11.0. The van der Waals surface area contributed by atoms with Crippen molar-refractivity contribution < 1.29 is 19.1 Å². The number of carbonyl (C=O) groups is 2. The van der Waals surface area contributed by atoms with Crippen molar-refractivity contribution in [1.82, 2.24) is 15.5 Å². The topological polar surface area (TPSA) is 159 Å². The van der Waals surface area contributed by atoms with Crippen molar-refractivity contribution in [3.05, 3.63) is 43.1 Å². The zero-order valence-corrected chi connectivity index (χ0v) is 19.7. The van der Waals surface area contributed by atoms with E-state index in [1.807, 2.05) is 5.32 Å². The Morgan fingerprint density at radius 3 is 2.45 bits per heavy atom. The number of imide groups is 1. The van der Waals surface area contributed by atoms with Crippen molar-refractivity contribution in [2.75, 3.05) is 12.0 Å². The van der Waals surface area contributed by atoms with Gasteiger partial charge in [-0.05, 0) is 25.0 Å². The number of alkyl carbamates (subject to hydrolysis) is 1. The summed E-state index contributed by atoms with van der Waals surface area (Å²) in [5.74, 6) is -1.38. The number of carbonyl (C=O) groups excluding carboxylic acids is 2. The third-order valence-corrected chi connectivity index (χ3v) is 4.74. The molecule has 3 N–H and O–H groups in total. The van der Waals surface area contributed by atoms with Crippen LogP contribution in [0.5, 0.6) is 11.6 Å². The van der Waals surface area contributed by atoms with E-state index in [2.05, 4.69) is 25.5 Å². The van der Waals surface area contributed by atoms with Crippen LogP contribution in [0.15, 0.2) is 22.0 Å². The molecule has 0 saturated carbocycles. The van der Waals surface area contributed by atoms with E-state index in [9.17, 15) is 14.4 Å². The van der Waals surface area contributed by atoms with E-state index in [1.165, 1.54) is 12.1 Å². The van der Waals surface area contributed by atoms with Gasteiger partial charge in [-0.2, -0.15) is 10.4 Å². The number of anilines is 1. The third-order valence-electron chi connectivity index (χ3n) is 3.81. The summed E-state index contributed by atoms with van der Waals surface area (Å²) in [5.41, 5.74) is 1.81. The highest BCUT2D eigenvalue weighted by atomic mass is 35.5. The van der Waals surface area contributed by atoms with Crippen LogP contribution in [0.2, 0.25) is 15.1 Å². The number of hydrogen-bond donors (Lipinski definition) is 3. The summed E-state index contributed by atoms with van der Waals surface area (Å²) in [7, 11) is 0. The summed E-state index contributed by atoms with van der Waals surface area (Å²) in [6.07, 6.45) is -1.02. The Hall–Kier alpha value is -3.33. The van der Waals surface area contributed by atoms with Crippen LogP contribution in [0.1, 0.15) is 32.3 Å². The fourth-order valence-electron chi connectivity index (χ4n) is 2.39. The molecule has 174 valence electrons. The SMILES string of the molecule is CCOC(=O)NC(=O)/C(C#N)=N/Nc1cc(Cl)c(Oc2n[nH]c(=O)c(C(C)C)c2Cl)c(Cl)c1. The fraction of sp³-hybridized carbons (Fsp3) is 0.263. The van der Waals surface area contributed by atoms with Crippen LogP contribution in [0.25, 0.3) is 0 Å². The highest BCUT2D eigenvalue weighted by Crippen LogP contribution is 2.40. The van der Waals surface area contributed by atoms with Crippen molar-refractivity contribution in [2.24, 2.45) is 5.10 Å². The maximum Gasteiger partial charge on any atom is 0.414 e. The number of hydrazone groups is 1. The zero-order valence-electron chi connectivity index (χ0n) is 17.5. The molecule has 1 heterocycles. The molecule has 0 spiro atoms. The van der Waals surface area contributed by atoms with Crippen LogP contribution in [0, 0.1) is 11.3 Å². The van der Waals surface area contributed by atoms with Crippen molar-refractivity contribution in [2.45, 2.75) is 26.7 Å². The van der Waals surface area contributed by atoms with E-state index in [1.54, 1.807) is 26.8 Å². The molecule has 0 fully saturated rings. The second-order valence-electron chi connectivity index (χ2n) is 6.47. The van der Waals surface area contributed by atoms with E-state index in [4.69, 9.17) is 44.8 Å². The minimum atomic E-state index is -1.07. The summed E-state index contributed by atoms with van der Waals surface area (Å²) in [6, 6.07) is 4.22. The van der Waals surface area contributed by atoms with Crippen molar-refractivity contribution in [3.8, 4) is 17.7 Å². The molecular weight excluding hydrogens is 499 g/mol. The largest absolute Gasteiger partial charge is 0.450 e. The fourth-order valence-corrected chi connectivity index (χ4v) is 3.34. The monoisotopic (exact) mass is 514 g/mol. The average molecular weight is 516 g/mol.